The van der Waals surface area contributed by atoms with Crippen LogP contribution < -0.4 is 10.5 Å². The fourth-order valence-corrected chi connectivity index (χ4v) is 2.04. The van der Waals surface area contributed by atoms with Crippen molar-refractivity contribution < 1.29 is 4.74 Å². The Kier molecular flexibility index (Phi) is 1.98. The van der Waals surface area contributed by atoms with E-state index in [0.717, 1.165) is 5.56 Å². The van der Waals surface area contributed by atoms with Gasteiger partial charge in [0.15, 0.2) is 5.75 Å². The van der Waals surface area contributed by atoms with Crippen LogP contribution in [0.5, 0.6) is 5.75 Å². The zero-order valence-electron chi connectivity index (χ0n) is 7.93. The topological polar surface area (TPSA) is 35.2 Å². The summed E-state index contributed by atoms with van der Waals surface area (Å²) in [7, 11) is 0. The number of nitrogens with two attached hydrogens (primary N) is 1. The van der Waals surface area contributed by atoms with Gasteiger partial charge >= 0.3 is 0 Å². The van der Waals surface area contributed by atoms with Gasteiger partial charge in [0.25, 0.3) is 0 Å². The van der Waals surface area contributed by atoms with Gasteiger partial charge in [-0.05, 0) is 26.0 Å². The standard InChI is InChI=1S/C10H10ClNOS/c1-10(2)9(14)7-5(11)3-4-6(12)8(7)13-10/h3-4H,12H2,1-2H3. The molecule has 0 saturated carbocycles. The van der Waals surface area contributed by atoms with Crippen molar-refractivity contribution >= 4 is 34.4 Å². The lowest BCUT2D eigenvalue weighted by molar-refractivity contribution is 0.201. The summed E-state index contributed by atoms with van der Waals surface area (Å²) < 4.78 is 5.67. The van der Waals surface area contributed by atoms with Crippen molar-refractivity contribution in [2.45, 2.75) is 19.4 Å². The second-order valence-electron chi connectivity index (χ2n) is 3.78. The molecule has 0 unspecified atom stereocenters. The van der Waals surface area contributed by atoms with Crippen molar-refractivity contribution in [3.05, 3.63) is 22.7 Å². The molecular weight excluding hydrogens is 218 g/mol. The molecule has 2 N–H and O–H groups in total. The molecule has 1 aliphatic heterocycles. The monoisotopic (exact) mass is 227 g/mol. The Labute approximate surface area is 93.0 Å². The molecule has 1 aromatic rings. The van der Waals surface area contributed by atoms with Gasteiger partial charge in [-0.25, -0.2) is 0 Å². The third-order valence-corrected chi connectivity index (χ3v) is 3.28. The van der Waals surface area contributed by atoms with Crippen LogP contribution in [0.1, 0.15) is 19.4 Å². The number of nitrogen functional groups attached to an aromatic ring is 1. The van der Waals surface area contributed by atoms with E-state index in [-0.39, 0.29) is 0 Å². The summed E-state index contributed by atoms with van der Waals surface area (Å²) in [5, 5.41) is 0.602. The van der Waals surface area contributed by atoms with Crippen molar-refractivity contribution in [1.82, 2.24) is 0 Å². The normalized spacial score (nSPS) is 17.8. The Bertz CT molecular complexity index is 428. The molecule has 1 aliphatic rings. The Morgan fingerprint density at radius 3 is 2.64 bits per heavy atom. The van der Waals surface area contributed by atoms with Crippen LogP contribution in [0, 0.1) is 0 Å². The van der Waals surface area contributed by atoms with Crippen molar-refractivity contribution in [3.8, 4) is 5.75 Å². The first-order chi connectivity index (χ1) is 6.43. The number of halogens is 1. The fraction of sp³-hybridized carbons (Fsp3) is 0.300. The number of benzene rings is 1. The van der Waals surface area contributed by atoms with E-state index in [2.05, 4.69) is 0 Å². The number of anilines is 1. The van der Waals surface area contributed by atoms with Gasteiger partial charge in [0.2, 0.25) is 0 Å². The smallest absolute Gasteiger partial charge is 0.153 e. The van der Waals surface area contributed by atoms with Crippen LogP contribution in [0.3, 0.4) is 0 Å². The van der Waals surface area contributed by atoms with Gasteiger partial charge in [0.1, 0.15) is 5.60 Å². The van der Waals surface area contributed by atoms with Gasteiger partial charge in [-0.15, -0.1) is 0 Å². The molecule has 0 saturated heterocycles. The molecule has 1 aromatic carbocycles. The highest BCUT2D eigenvalue weighted by Gasteiger charge is 2.38. The lowest BCUT2D eigenvalue weighted by Crippen LogP contribution is -2.31. The zero-order chi connectivity index (χ0) is 10.5. The highest BCUT2D eigenvalue weighted by atomic mass is 35.5. The average molecular weight is 228 g/mol. The van der Waals surface area contributed by atoms with Crippen LogP contribution in [0.25, 0.3) is 0 Å². The number of rotatable bonds is 0. The SMILES string of the molecule is CC1(C)Oc2c(N)ccc(Cl)c2C1=S. The number of hydrogen-bond donors (Lipinski definition) is 1. The van der Waals surface area contributed by atoms with Gasteiger partial charge in [-0.1, -0.05) is 23.8 Å². The van der Waals surface area contributed by atoms with Crippen LogP contribution in [0.15, 0.2) is 12.1 Å². The van der Waals surface area contributed by atoms with Crippen LogP contribution >= 0.6 is 23.8 Å². The average Bonchev–Trinajstić information content (AvgIpc) is 2.33. The molecule has 0 atom stereocenters. The predicted molar refractivity (Wildman–Crippen MR) is 62.3 cm³/mol. The highest BCUT2D eigenvalue weighted by molar-refractivity contribution is 7.81. The molecule has 14 heavy (non-hydrogen) atoms. The summed E-state index contributed by atoms with van der Waals surface area (Å²) in [6.45, 7) is 3.82. The summed E-state index contributed by atoms with van der Waals surface area (Å²) in [6, 6.07) is 3.47. The summed E-state index contributed by atoms with van der Waals surface area (Å²) in [5.41, 5.74) is 6.64. The van der Waals surface area contributed by atoms with Crippen molar-refractivity contribution in [2.75, 3.05) is 5.73 Å². The van der Waals surface area contributed by atoms with Gasteiger partial charge in [0.05, 0.1) is 21.1 Å². The molecule has 2 nitrogen and oxygen atoms in total. The van der Waals surface area contributed by atoms with Crippen molar-refractivity contribution in [2.24, 2.45) is 0 Å². The Morgan fingerprint density at radius 2 is 2.07 bits per heavy atom. The van der Waals surface area contributed by atoms with Gasteiger partial charge in [-0.3, -0.25) is 0 Å². The highest BCUT2D eigenvalue weighted by Crippen LogP contribution is 2.43. The minimum atomic E-state index is -0.489. The number of hydrogen-bond acceptors (Lipinski definition) is 3. The minimum Gasteiger partial charge on any atom is -0.479 e. The Morgan fingerprint density at radius 1 is 1.43 bits per heavy atom. The predicted octanol–water partition coefficient (Wildman–Crippen LogP) is 2.81. The van der Waals surface area contributed by atoms with Gasteiger partial charge < -0.3 is 10.5 Å². The van der Waals surface area contributed by atoms with Crippen LogP contribution in [0.4, 0.5) is 5.69 Å². The summed E-state index contributed by atoms with van der Waals surface area (Å²) in [5.74, 6) is 0.618. The van der Waals surface area contributed by atoms with Gasteiger partial charge in [-0.2, -0.15) is 0 Å². The first kappa shape index (κ1) is 9.74. The third kappa shape index (κ3) is 1.20. The Balaban J connectivity index is 2.70. The molecule has 0 amide bonds. The first-order valence-electron chi connectivity index (χ1n) is 4.25. The lowest BCUT2D eigenvalue weighted by Gasteiger charge is -2.17. The molecule has 0 bridgehead atoms. The molecule has 0 radical (unpaired) electrons. The maximum Gasteiger partial charge on any atom is 0.153 e. The molecule has 74 valence electrons. The minimum absolute atomic E-state index is 0.489. The number of thiocarbonyl (C=S) groups is 1. The third-order valence-electron chi connectivity index (χ3n) is 2.27. The summed E-state index contributed by atoms with van der Waals surface area (Å²) in [6.07, 6.45) is 0. The number of fused-ring (bicyclic) bond motifs is 1. The van der Waals surface area contributed by atoms with E-state index in [0.29, 0.717) is 21.3 Å². The van der Waals surface area contributed by atoms with E-state index in [1.807, 2.05) is 13.8 Å². The molecular formula is C10H10ClNOS. The van der Waals surface area contributed by atoms with Crippen molar-refractivity contribution in [1.29, 1.82) is 0 Å². The van der Waals surface area contributed by atoms with E-state index < -0.39 is 5.60 Å². The fourth-order valence-electron chi connectivity index (χ4n) is 1.50. The molecule has 4 heteroatoms. The quantitative estimate of drug-likeness (QED) is 0.547. The van der Waals surface area contributed by atoms with Gasteiger partial charge in [0, 0.05) is 0 Å². The second kappa shape index (κ2) is 2.84. The van der Waals surface area contributed by atoms with Crippen LogP contribution in [0.2, 0.25) is 5.02 Å². The van der Waals surface area contributed by atoms with Crippen molar-refractivity contribution in [3.63, 3.8) is 0 Å². The maximum atomic E-state index is 6.04. The van der Waals surface area contributed by atoms with E-state index in [1.54, 1.807) is 12.1 Å². The molecule has 0 spiro atoms. The second-order valence-corrected chi connectivity index (χ2v) is 4.60. The summed E-state index contributed by atoms with van der Waals surface area (Å²) in [4.78, 5) is 0.713. The van der Waals surface area contributed by atoms with E-state index in [1.165, 1.54) is 0 Å². The lowest BCUT2D eigenvalue weighted by atomic mass is 10.0. The van der Waals surface area contributed by atoms with Crippen LogP contribution in [-0.2, 0) is 0 Å². The summed E-state index contributed by atoms with van der Waals surface area (Å²) >= 11 is 11.3. The molecule has 0 aromatic heterocycles. The van der Waals surface area contributed by atoms with E-state index in [9.17, 15) is 0 Å². The zero-order valence-corrected chi connectivity index (χ0v) is 9.50. The largest absolute Gasteiger partial charge is 0.479 e. The molecule has 1 heterocycles. The maximum absolute atomic E-state index is 6.04. The Hall–Kier alpha value is -0.800. The molecule has 0 aliphatic carbocycles. The first-order valence-corrected chi connectivity index (χ1v) is 5.04. The molecule has 0 fully saturated rings. The molecule has 2 rings (SSSR count). The van der Waals surface area contributed by atoms with Crippen LogP contribution in [-0.4, -0.2) is 10.5 Å². The number of ether oxygens (including phenoxy) is 1. The van der Waals surface area contributed by atoms with E-state index >= 15 is 0 Å². The van der Waals surface area contributed by atoms with E-state index in [4.69, 9.17) is 34.3 Å².